The van der Waals surface area contributed by atoms with Gasteiger partial charge in [0, 0.05) is 17.3 Å². The molecule has 1 atom stereocenters. The summed E-state index contributed by atoms with van der Waals surface area (Å²) in [4.78, 5) is 15.9. The van der Waals surface area contributed by atoms with Gasteiger partial charge in [-0.2, -0.15) is 0 Å². The van der Waals surface area contributed by atoms with E-state index in [2.05, 4.69) is 24.1 Å². The second-order valence-corrected chi connectivity index (χ2v) is 5.14. The highest BCUT2D eigenvalue weighted by molar-refractivity contribution is 5.95. The van der Waals surface area contributed by atoms with Gasteiger partial charge >= 0.3 is 0 Å². The number of pyridine rings is 1. The number of nitrogen functional groups attached to an aromatic ring is 1. The molecule has 86 valence electrons. The molecule has 1 aliphatic rings. The van der Waals surface area contributed by atoms with Gasteiger partial charge in [-0.1, -0.05) is 13.8 Å². The Hall–Kier alpha value is -1.58. The van der Waals surface area contributed by atoms with E-state index >= 15 is 0 Å². The number of nitrogens with two attached hydrogens (primary N) is 1. The first kappa shape index (κ1) is 10.9. The molecule has 1 heterocycles. The molecule has 0 aromatic carbocycles. The SMILES string of the molecule is Cc1cc(C(=O)NC2CC2(C)C)cc(N)n1. The summed E-state index contributed by atoms with van der Waals surface area (Å²) in [5, 5.41) is 2.99. The van der Waals surface area contributed by atoms with Crippen LogP contribution < -0.4 is 11.1 Å². The lowest BCUT2D eigenvalue weighted by Gasteiger charge is -2.07. The third-order valence-corrected chi connectivity index (χ3v) is 3.05. The van der Waals surface area contributed by atoms with Crippen LogP contribution in [0.2, 0.25) is 0 Å². The lowest BCUT2D eigenvalue weighted by molar-refractivity contribution is 0.0946. The molecular weight excluding hydrogens is 202 g/mol. The number of carbonyl (C=O) groups excluding carboxylic acids is 1. The Morgan fingerprint density at radius 2 is 2.19 bits per heavy atom. The molecule has 1 fully saturated rings. The van der Waals surface area contributed by atoms with Crippen LogP contribution in [0.15, 0.2) is 12.1 Å². The van der Waals surface area contributed by atoms with E-state index in [0.717, 1.165) is 12.1 Å². The Labute approximate surface area is 95.3 Å². The first-order chi connectivity index (χ1) is 7.38. The molecule has 1 aromatic heterocycles. The molecule has 0 aliphatic heterocycles. The predicted molar refractivity (Wildman–Crippen MR) is 63.0 cm³/mol. The second-order valence-electron chi connectivity index (χ2n) is 5.14. The Kier molecular flexibility index (Phi) is 2.37. The second kappa shape index (κ2) is 3.47. The molecule has 2 rings (SSSR count). The fourth-order valence-corrected chi connectivity index (χ4v) is 1.78. The predicted octanol–water partition coefficient (Wildman–Crippen LogP) is 1.50. The molecular formula is C12H17N3O. The van der Waals surface area contributed by atoms with E-state index < -0.39 is 0 Å². The highest BCUT2D eigenvalue weighted by Crippen LogP contribution is 2.44. The Bertz CT molecular complexity index is 420. The molecule has 1 unspecified atom stereocenters. The molecule has 1 aromatic rings. The van der Waals surface area contributed by atoms with Crippen LogP contribution >= 0.6 is 0 Å². The van der Waals surface area contributed by atoms with Crippen molar-refractivity contribution < 1.29 is 4.79 Å². The van der Waals surface area contributed by atoms with Crippen LogP contribution in [-0.2, 0) is 0 Å². The molecule has 1 amide bonds. The molecule has 0 spiro atoms. The average molecular weight is 219 g/mol. The molecule has 0 saturated heterocycles. The minimum atomic E-state index is -0.0622. The van der Waals surface area contributed by atoms with Gasteiger partial charge in [-0.15, -0.1) is 0 Å². The van der Waals surface area contributed by atoms with Gasteiger partial charge in [0.15, 0.2) is 0 Å². The van der Waals surface area contributed by atoms with E-state index in [4.69, 9.17) is 5.73 Å². The van der Waals surface area contributed by atoms with E-state index in [1.165, 1.54) is 0 Å². The number of amides is 1. The van der Waals surface area contributed by atoms with Gasteiger partial charge in [-0.05, 0) is 30.9 Å². The number of hydrogen-bond donors (Lipinski definition) is 2. The number of hydrogen-bond acceptors (Lipinski definition) is 3. The summed E-state index contributed by atoms with van der Waals surface area (Å²) < 4.78 is 0. The Balaban J connectivity index is 2.09. The zero-order chi connectivity index (χ0) is 11.9. The summed E-state index contributed by atoms with van der Waals surface area (Å²) in [6.07, 6.45) is 1.04. The lowest BCUT2D eigenvalue weighted by Crippen LogP contribution is -2.28. The maximum Gasteiger partial charge on any atom is 0.251 e. The largest absolute Gasteiger partial charge is 0.384 e. The number of aromatic nitrogens is 1. The molecule has 16 heavy (non-hydrogen) atoms. The fraction of sp³-hybridized carbons (Fsp3) is 0.500. The van der Waals surface area contributed by atoms with Crippen molar-refractivity contribution in [3.63, 3.8) is 0 Å². The van der Waals surface area contributed by atoms with E-state index in [1.54, 1.807) is 12.1 Å². The van der Waals surface area contributed by atoms with Gasteiger partial charge in [0.2, 0.25) is 0 Å². The summed E-state index contributed by atoms with van der Waals surface area (Å²) in [6, 6.07) is 3.65. The summed E-state index contributed by atoms with van der Waals surface area (Å²) in [7, 11) is 0. The number of nitrogens with one attached hydrogen (secondary N) is 1. The number of aryl methyl sites for hydroxylation is 1. The maximum absolute atomic E-state index is 11.9. The zero-order valence-corrected chi connectivity index (χ0v) is 9.87. The van der Waals surface area contributed by atoms with Crippen molar-refractivity contribution in [1.82, 2.24) is 10.3 Å². The van der Waals surface area contributed by atoms with Crippen LogP contribution in [0.4, 0.5) is 5.82 Å². The minimum absolute atomic E-state index is 0.0622. The summed E-state index contributed by atoms with van der Waals surface area (Å²) >= 11 is 0. The van der Waals surface area contributed by atoms with Crippen molar-refractivity contribution in [3.8, 4) is 0 Å². The third kappa shape index (κ3) is 2.15. The smallest absolute Gasteiger partial charge is 0.251 e. The van der Waals surface area contributed by atoms with Crippen molar-refractivity contribution in [2.75, 3.05) is 5.73 Å². The van der Waals surface area contributed by atoms with Crippen LogP contribution in [-0.4, -0.2) is 16.9 Å². The highest BCUT2D eigenvalue weighted by atomic mass is 16.1. The highest BCUT2D eigenvalue weighted by Gasteiger charge is 2.46. The molecule has 1 saturated carbocycles. The Morgan fingerprint density at radius 3 is 2.69 bits per heavy atom. The van der Waals surface area contributed by atoms with Gasteiger partial charge < -0.3 is 11.1 Å². The van der Waals surface area contributed by atoms with Gasteiger partial charge in [-0.3, -0.25) is 4.79 Å². The molecule has 0 bridgehead atoms. The normalized spacial score (nSPS) is 21.6. The summed E-state index contributed by atoms with van der Waals surface area (Å²) in [5.41, 5.74) is 7.20. The molecule has 3 N–H and O–H groups in total. The van der Waals surface area contributed by atoms with Crippen LogP contribution in [0.25, 0.3) is 0 Å². The van der Waals surface area contributed by atoms with Crippen LogP contribution in [0.3, 0.4) is 0 Å². The monoisotopic (exact) mass is 219 g/mol. The standard InChI is InChI=1S/C12H17N3O/c1-7-4-8(5-10(13)14-7)11(16)15-9-6-12(9,2)3/h4-5,9H,6H2,1-3H3,(H2,13,14)(H,15,16). The molecule has 4 heteroatoms. The van der Waals surface area contributed by atoms with Crippen molar-refractivity contribution in [1.29, 1.82) is 0 Å². The molecule has 4 nitrogen and oxygen atoms in total. The van der Waals surface area contributed by atoms with Crippen LogP contribution in [0.5, 0.6) is 0 Å². The van der Waals surface area contributed by atoms with Crippen molar-refractivity contribution in [3.05, 3.63) is 23.4 Å². The van der Waals surface area contributed by atoms with Crippen molar-refractivity contribution in [2.45, 2.75) is 33.2 Å². The molecule has 1 aliphatic carbocycles. The fourth-order valence-electron chi connectivity index (χ4n) is 1.78. The topological polar surface area (TPSA) is 68.0 Å². The van der Waals surface area contributed by atoms with Gasteiger partial charge in [0.25, 0.3) is 5.91 Å². The summed E-state index contributed by atoms with van der Waals surface area (Å²) in [6.45, 7) is 6.11. The maximum atomic E-state index is 11.9. The number of carbonyl (C=O) groups is 1. The first-order valence-electron chi connectivity index (χ1n) is 5.43. The quantitative estimate of drug-likeness (QED) is 0.792. The average Bonchev–Trinajstić information content (AvgIpc) is 2.71. The van der Waals surface area contributed by atoms with Crippen LogP contribution in [0, 0.1) is 12.3 Å². The van der Waals surface area contributed by atoms with Gasteiger partial charge in [0.1, 0.15) is 5.82 Å². The third-order valence-electron chi connectivity index (χ3n) is 3.05. The van der Waals surface area contributed by atoms with E-state index in [1.807, 2.05) is 6.92 Å². The summed E-state index contributed by atoms with van der Waals surface area (Å²) in [5.74, 6) is 0.327. The Morgan fingerprint density at radius 1 is 1.56 bits per heavy atom. The van der Waals surface area contributed by atoms with Crippen molar-refractivity contribution in [2.24, 2.45) is 5.41 Å². The van der Waals surface area contributed by atoms with Crippen molar-refractivity contribution >= 4 is 11.7 Å². The zero-order valence-electron chi connectivity index (χ0n) is 9.87. The van der Waals surface area contributed by atoms with E-state index in [0.29, 0.717) is 11.4 Å². The minimum Gasteiger partial charge on any atom is -0.384 e. The number of nitrogens with zero attached hydrogens (tertiary/aromatic N) is 1. The lowest BCUT2D eigenvalue weighted by atomic mass is 10.1. The number of anilines is 1. The first-order valence-corrected chi connectivity index (χ1v) is 5.43. The van der Waals surface area contributed by atoms with E-state index in [9.17, 15) is 4.79 Å². The van der Waals surface area contributed by atoms with Crippen LogP contribution in [0.1, 0.15) is 36.3 Å². The van der Waals surface area contributed by atoms with Gasteiger partial charge in [0.05, 0.1) is 0 Å². The van der Waals surface area contributed by atoms with Gasteiger partial charge in [-0.25, -0.2) is 4.98 Å². The number of rotatable bonds is 2. The molecule has 0 radical (unpaired) electrons. The van der Waals surface area contributed by atoms with E-state index in [-0.39, 0.29) is 17.4 Å².